The Bertz CT molecular complexity index is 683. The Kier molecular flexibility index (Phi) is 3.69. The van der Waals surface area contributed by atoms with Crippen molar-refractivity contribution in [3.05, 3.63) is 29.6 Å². The number of carboxylic acids is 1. The van der Waals surface area contributed by atoms with Crippen LogP contribution in [0.1, 0.15) is 42.4 Å². The lowest BCUT2D eigenvalue weighted by Gasteiger charge is -2.41. The number of hydrogen-bond donors (Lipinski definition) is 1. The lowest BCUT2D eigenvalue weighted by Crippen LogP contribution is -2.38. The van der Waals surface area contributed by atoms with Crippen molar-refractivity contribution in [3.8, 4) is 0 Å². The van der Waals surface area contributed by atoms with Crippen LogP contribution < -0.4 is 0 Å². The minimum atomic E-state index is -0.899. The molecule has 0 atom stereocenters. The van der Waals surface area contributed by atoms with Crippen LogP contribution in [0.25, 0.3) is 11.0 Å². The summed E-state index contributed by atoms with van der Waals surface area (Å²) in [6, 6.07) is 5.26. The molecule has 4 nitrogen and oxygen atoms in total. The number of imidazole rings is 1. The lowest BCUT2D eigenvalue weighted by molar-refractivity contribution is 0.0697. The van der Waals surface area contributed by atoms with Crippen molar-refractivity contribution < 1.29 is 9.90 Å². The summed E-state index contributed by atoms with van der Waals surface area (Å²) in [7, 11) is 0. The van der Waals surface area contributed by atoms with E-state index in [2.05, 4.69) is 22.7 Å². The molecule has 2 aromatic rings. The number of fused-ring (bicyclic) bond motifs is 1. The highest BCUT2D eigenvalue weighted by Crippen LogP contribution is 2.44. The van der Waals surface area contributed by atoms with E-state index in [1.54, 1.807) is 12.1 Å². The van der Waals surface area contributed by atoms with Crippen molar-refractivity contribution in [1.82, 2.24) is 9.55 Å². The van der Waals surface area contributed by atoms with Crippen LogP contribution >= 0.6 is 11.8 Å². The first kappa shape index (κ1) is 14.4. The highest BCUT2D eigenvalue weighted by Gasteiger charge is 2.37. The summed E-state index contributed by atoms with van der Waals surface area (Å²) in [6.45, 7) is 3.07. The predicted octanol–water partition coefficient (Wildman–Crippen LogP) is 3.58. The third kappa shape index (κ3) is 2.44. The smallest absolute Gasteiger partial charge is 0.335 e. The number of benzene rings is 1. The zero-order chi connectivity index (χ0) is 15.0. The van der Waals surface area contributed by atoms with Gasteiger partial charge in [-0.05, 0) is 37.3 Å². The van der Waals surface area contributed by atoms with Crippen molar-refractivity contribution in [3.63, 3.8) is 0 Å². The Morgan fingerprint density at radius 1 is 1.48 bits per heavy atom. The second kappa shape index (κ2) is 5.37. The second-order valence-electron chi connectivity index (χ2n) is 5.72. The molecule has 0 spiro atoms. The van der Waals surface area contributed by atoms with E-state index < -0.39 is 5.97 Å². The Morgan fingerprint density at radius 2 is 2.24 bits per heavy atom. The fourth-order valence-corrected chi connectivity index (χ4v) is 4.00. The van der Waals surface area contributed by atoms with Gasteiger partial charge >= 0.3 is 5.97 Å². The fraction of sp³-hybridized carbons (Fsp3) is 0.500. The molecule has 1 heterocycles. The van der Waals surface area contributed by atoms with Crippen molar-refractivity contribution in [2.45, 2.75) is 43.9 Å². The average molecular weight is 304 g/mol. The van der Waals surface area contributed by atoms with Gasteiger partial charge in [-0.25, -0.2) is 9.78 Å². The number of aromatic nitrogens is 2. The third-order valence-electron chi connectivity index (χ3n) is 4.53. The normalized spacial score (nSPS) is 16.9. The maximum absolute atomic E-state index is 11.1. The van der Waals surface area contributed by atoms with E-state index in [1.165, 1.54) is 19.3 Å². The highest BCUT2D eigenvalue weighted by molar-refractivity contribution is 8.00. The molecule has 0 radical (unpaired) electrons. The van der Waals surface area contributed by atoms with Crippen LogP contribution in [-0.2, 0) is 13.0 Å². The first-order chi connectivity index (χ1) is 10.1. The first-order valence-corrected chi connectivity index (χ1v) is 8.58. The molecule has 112 valence electrons. The summed E-state index contributed by atoms with van der Waals surface area (Å²) in [5.41, 5.74) is 2.15. The van der Waals surface area contributed by atoms with Gasteiger partial charge in [-0.15, -0.1) is 0 Å². The molecule has 1 N–H and O–H groups in total. The second-order valence-corrected chi connectivity index (χ2v) is 6.99. The topological polar surface area (TPSA) is 55.1 Å². The van der Waals surface area contributed by atoms with Crippen LogP contribution in [0.4, 0.5) is 0 Å². The Hall–Kier alpha value is -1.49. The van der Waals surface area contributed by atoms with Crippen molar-refractivity contribution in [1.29, 1.82) is 0 Å². The number of hydrogen-bond acceptors (Lipinski definition) is 3. The van der Waals surface area contributed by atoms with Gasteiger partial charge in [-0.3, -0.25) is 0 Å². The summed E-state index contributed by atoms with van der Waals surface area (Å²) in [5.74, 6) is 0.150. The molecule has 0 saturated heterocycles. The maximum Gasteiger partial charge on any atom is 0.335 e. The lowest BCUT2D eigenvalue weighted by atomic mass is 9.84. The van der Waals surface area contributed by atoms with Crippen molar-refractivity contribution in [2.75, 3.05) is 6.26 Å². The number of carbonyl (C=O) groups is 1. The van der Waals surface area contributed by atoms with Gasteiger partial charge in [0.1, 0.15) is 5.82 Å². The van der Waals surface area contributed by atoms with E-state index in [-0.39, 0.29) is 0 Å². The maximum atomic E-state index is 11.1. The van der Waals surface area contributed by atoms with Gasteiger partial charge in [-0.1, -0.05) is 13.3 Å². The van der Waals surface area contributed by atoms with E-state index in [9.17, 15) is 4.79 Å². The minimum Gasteiger partial charge on any atom is -0.478 e. The van der Waals surface area contributed by atoms with Gasteiger partial charge in [0.25, 0.3) is 0 Å². The number of rotatable bonds is 5. The highest BCUT2D eigenvalue weighted by atomic mass is 32.2. The van der Waals surface area contributed by atoms with Gasteiger partial charge in [0.05, 0.1) is 16.6 Å². The number of aromatic carboxylic acids is 1. The molecule has 0 aliphatic heterocycles. The van der Waals surface area contributed by atoms with E-state index in [0.717, 1.165) is 29.8 Å². The summed E-state index contributed by atoms with van der Waals surface area (Å²) < 4.78 is 2.62. The van der Waals surface area contributed by atoms with Crippen LogP contribution in [0.15, 0.2) is 18.2 Å². The molecule has 1 aliphatic carbocycles. The molecule has 1 aromatic heterocycles. The molecule has 1 aliphatic rings. The molecule has 5 heteroatoms. The number of thioether (sulfide) groups is 1. The Labute approximate surface area is 128 Å². The Morgan fingerprint density at radius 3 is 2.76 bits per heavy atom. The fourth-order valence-electron chi connectivity index (χ4n) is 3.05. The standard InChI is InChI=1S/C16H20N2O2S/c1-3-14-17-12-9-11(15(19)20)5-6-13(12)18(14)10-16(21-2)7-4-8-16/h5-6,9H,3-4,7-8,10H2,1-2H3,(H,19,20). The van der Waals surface area contributed by atoms with E-state index in [0.29, 0.717) is 10.3 Å². The SMILES string of the molecule is CCc1nc2cc(C(=O)O)ccc2n1CC1(SC)CCC1. The number of nitrogens with zero attached hydrogens (tertiary/aromatic N) is 2. The van der Waals surface area contributed by atoms with Gasteiger partial charge in [0, 0.05) is 17.7 Å². The largest absolute Gasteiger partial charge is 0.478 e. The monoisotopic (exact) mass is 304 g/mol. The summed E-state index contributed by atoms with van der Waals surface area (Å²) >= 11 is 1.95. The molecular formula is C16H20N2O2S. The zero-order valence-electron chi connectivity index (χ0n) is 12.4. The first-order valence-electron chi connectivity index (χ1n) is 7.36. The Balaban J connectivity index is 2.06. The molecule has 0 unspecified atom stereocenters. The van der Waals surface area contributed by atoms with Gasteiger partial charge in [0.15, 0.2) is 0 Å². The molecular weight excluding hydrogens is 284 g/mol. The van der Waals surface area contributed by atoms with Crippen LogP contribution in [0, 0.1) is 0 Å². The van der Waals surface area contributed by atoms with Crippen LogP contribution in [0.5, 0.6) is 0 Å². The predicted molar refractivity (Wildman–Crippen MR) is 86.2 cm³/mol. The van der Waals surface area contributed by atoms with Gasteiger partial charge < -0.3 is 9.67 Å². The molecule has 0 amide bonds. The van der Waals surface area contributed by atoms with Crippen molar-refractivity contribution in [2.24, 2.45) is 0 Å². The van der Waals surface area contributed by atoms with Gasteiger partial charge in [0.2, 0.25) is 0 Å². The van der Waals surface area contributed by atoms with E-state index in [1.807, 2.05) is 17.8 Å². The average Bonchev–Trinajstić information content (AvgIpc) is 2.79. The van der Waals surface area contributed by atoms with Crippen LogP contribution in [0.3, 0.4) is 0 Å². The molecule has 1 saturated carbocycles. The van der Waals surface area contributed by atoms with Gasteiger partial charge in [-0.2, -0.15) is 11.8 Å². The van der Waals surface area contributed by atoms with Crippen molar-refractivity contribution >= 4 is 28.8 Å². The summed E-state index contributed by atoms with van der Waals surface area (Å²) in [5, 5.41) is 9.11. The van der Waals surface area contributed by atoms with E-state index in [4.69, 9.17) is 5.11 Å². The third-order valence-corrected chi connectivity index (χ3v) is 5.94. The molecule has 1 fully saturated rings. The number of carboxylic acid groups (broad SMARTS) is 1. The molecule has 21 heavy (non-hydrogen) atoms. The van der Waals surface area contributed by atoms with Crippen LogP contribution in [-0.4, -0.2) is 31.6 Å². The van der Waals surface area contributed by atoms with E-state index >= 15 is 0 Å². The number of aryl methyl sites for hydroxylation is 1. The molecule has 0 bridgehead atoms. The minimum absolute atomic E-state index is 0.304. The zero-order valence-corrected chi connectivity index (χ0v) is 13.2. The molecule has 3 rings (SSSR count). The van der Waals surface area contributed by atoms with Crippen LogP contribution in [0.2, 0.25) is 0 Å². The molecule has 1 aromatic carbocycles. The summed E-state index contributed by atoms with van der Waals surface area (Å²) in [4.78, 5) is 15.7. The quantitative estimate of drug-likeness (QED) is 0.917. The summed E-state index contributed by atoms with van der Waals surface area (Å²) in [6.07, 6.45) is 6.86.